The van der Waals surface area contributed by atoms with Crippen LogP contribution in [0.25, 0.3) is 0 Å². The molecule has 0 spiro atoms. The van der Waals surface area contributed by atoms with Crippen LogP contribution in [-0.2, 0) is 9.53 Å². The summed E-state index contributed by atoms with van der Waals surface area (Å²) in [5.74, 6) is 0.932. The van der Waals surface area contributed by atoms with E-state index in [2.05, 4.69) is 20.8 Å². The van der Waals surface area contributed by atoms with Crippen molar-refractivity contribution in [3.8, 4) is 0 Å². The van der Waals surface area contributed by atoms with Crippen LogP contribution in [0.5, 0.6) is 0 Å². The van der Waals surface area contributed by atoms with Gasteiger partial charge in [-0.05, 0) is 30.6 Å². The maximum atomic E-state index is 11.2. The van der Waals surface area contributed by atoms with Gasteiger partial charge in [0.2, 0.25) is 0 Å². The van der Waals surface area contributed by atoms with E-state index in [0.29, 0.717) is 24.5 Å². The summed E-state index contributed by atoms with van der Waals surface area (Å²) < 4.78 is 5.69. The molecule has 0 aromatic rings. The summed E-state index contributed by atoms with van der Waals surface area (Å²) in [6, 6.07) is 0. The lowest BCUT2D eigenvalue weighted by Crippen LogP contribution is -2.33. The van der Waals surface area contributed by atoms with Crippen molar-refractivity contribution >= 4 is 5.78 Å². The molecule has 1 rings (SSSR count). The molecular weight excluding hydrogens is 188 g/mol. The molecule has 0 amide bonds. The summed E-state index contributed by atoms with van der Waals surface area (Å²) in [5, 5.41) is 0. The Balaban J connectivity index is 2.38. The molecule has 1 saturated carbocycles. The van der Waals surface area contributed by atoms with Crippen molar-refractivity contribution in [2.45, 2.75) is 59.5 Å². The lowest BCUT2D eigenvalue weighted by atomic mass is 9.71. The fourth-order valence-corrected chi connectivity index (χ4v) is 2.70. The van der Waals surface area contributed by atoms with Crippen molar-refractivity contribution in [2.75, 3.05) is 6.61 Å². The lowest BCUT2D eigenvalue weighted by molar-refractivity contribution is -0.127. The number of carbonyl (C=O) groups is 1. The average Bonchev–Trinajstić information content (AvgIpc) is 2.11. The lowest BCUT2D eigenvalue weighted by Gasteiger charge is -2.38. The van der Waals surface area contributed by atoms with Crippen LogP contribution < -0.4 is 0 Å². The van der Waals surface area contributed by atoms with E-state index in [1.54, 1.807) is 0 Å². The Labute approximate surface area is 93.4 Å². The largest absolute Gasteiger partial charge is 0.370 e. The van der Waals surface area contributed by atoms with Crippen LogP contribution in [-0.4, -0.2) is 18.5 Å². The topological polar surface area (TPSA) is 26.3 Å². The number of ketones is 1. The molecule has 1 fully saturated rings. The number of ether oxygens (including phenoxy) is 1. The van der Waals surface area contributed by atoms with Gasteiger partial charge in [-0.1, -0.05) is 27.7 Å². The van der Waals surface area contributed by atoms with E-state index in [1.807, 2.05) is 6.92 Å². The van der Waals surface area contributed by atoms with Crippen molar-refractivity contribution < 1.29 is 9.53 Å². The molecular formula is C13H24O2. The Morgan fingerprint density at radius 2 is 2.07 bits per heavy atom. The Morgan fingerprint density at radius 3 is 2.60 bits per heavy atom. The van der Waals surface area contributed by atoms with Crippen molar-refractivity contribution in [2.24, 2.45) is 11.3 Å². The number of hydrogen-bond donors (Lipinski definition) is 0. The fourth-order valence-electron chi connectivity index (χ4n) is 2.70. The van der Waals surface area contributed by atoms with Crippen molar-refractivity contribution in [1.82, 2.24) is 0 Å². The SMILES string of the molecule is CCC(=O)COC1CC(C)CC(C)(C)C1. The van der Waals surface area contributed by atoms with Gasteiger partial charge in [0.25, 0.3) is 0 Å². The molecule has 0 aromatic heterocycles. The van der Waals surface area contributed by atoms with Gasteiger partial charge in [0.1, 0.15) is 6.61 Å². The molecule has 2 unspecified atom stereocenters. The van der Waals surface area contributed by atoms with Crippen LogP contribution in [0.1, 0.15) is 53.4 Å². The van der Waals surface area contributed by atoms with Gasteiger partial charge in [0, 0.05) is 6.42 Å². The summed E-state index contributed by atoms with van der Waals surface area (Å²) in [6.45, 7) is 9.06. The Hall–Kier alpha value is -0.370. The minimum Gasteiger partial charge on any atom is -0.370 e. The van der Waals surface area contributed by atoms with E-state index in [4.69, 9.17) is 4.74 Å². The first-order chi connectivity index (χ1) is 6.93. The summed E-state index contributed by atoms with van der Waals surface area (Å²) in [6.07, 6.45) is 4.36. The van der Waals surface area contributed by atoms with Gasteiger partial charge in [-0.2, -0.15) is 0 Å². The van der Waals surface area contributed by atoms with Gasteiger partial charge in [0.05, 0.1) is 6.10 Å². The molecule has 15 heavy (non-hydrogen) atoms. The van der Waals surface area contributed by atoms with Crippen molar-refractivity contribution in [3.05, 3.63) is 0 Å². The smallest absolute Gasteiger partial charge is 0.158 e. The highest BCUT2D eigenvalue weighted by atomic mass is 16.5. The highest BCUT2D eigenvalue weighted by Crippen LogP contribution is 2.39. The third-order valence-electron chi connectivity index (χ3n) is 3.22. The van der Waals surface area contributed by atoms with Gasteiger partial charge in [-0.3, -0.25) is 4.79 Å². The predicted molar refractivity (Wildman–Crippen MR) is 61.8 cm³/mol. The predicted octanol–water partition coefficient (Wildman–Crippen LogP) is 3.20. The first-order valence-electron chi connectivity index (χ1n) is 6.06. The molecule has 0 radical (unpaired) electrons. The summed E-state index contributed by atoms with van der Waals surface area (Å²) in [4.78, 5) is 11.2. The second-order valence-corrected chi connectivity index (χ2v) is 5.74. The van der Waals surface area contributed by atoms with Gasteiger partial charge < -0.3 is 4.74 Å². The molecule has 1 aliphatic carbocycles. The van der Waals surface area contributed by atoms with Crippen molar-refractivity contribution in [1.29, 1.82) is 0 Å². The number of Topliss-reactive ketones (excluding diaryl/α,β-unsaturated/α-hetero) is 1. The van der Waals surface area contributed by atoms with Crippen LogP contribution >= 0.6 is 0 Å². The first-order valence-corrected chi connectivity index (χ1v) is 6.06. The summed E-state index contributed by atoms with van der Waals surface area (Å²) in [7, 11) is 0. The highest BCUT2D eigenvalue weighted by molar-refractivity contribution is 5.79. The van der Waals surface area contributed by atoms with Crippen LogP contribution in [0.4, 0.5) is 0 Å². The van der Waals surface area contributed by atoms with Crippen LogP contribution in [0.2, 0.25) is 0 Å². The van der Waals surface area contributed by atoms with Crippen molar-refractivity contribution in [3.63, 3.8) is 0 Å². The fraction of sp³-hybridized carbons (Fsp3) is 0.923. The first kappa shape index (κ1) is 12.7. The number of hydrogen-bond acceptors (Lipinski definition) is 2. The van der Waals surface area contributed by atoms with E-state index in [-0.39, 0.29) is 5.78 Å². The molecule has 0 saturated heterocycles. The van der Waals surface area contributed by atoms with E-state index < -0.39 is 0 Å². The summed E-state index contributed by atoms with van der Waals surface area (Å²) >= 11 is 0. The second kappa shape index (κ2) is 5.11. The monoisotopic (exact) mass is 212 g/mol. The molecule has 2 heteroatoms. The zero-order chi connectivity index (χ0) is 11.5. The second-order valence-electron chi connectivity index (χ2n) is 5.74. The quantitative estimate of drug-likeness (QED) is 0.715. The maximum Gasteiger partial charge on any atom is 0.158 e. The molecule has 2 nitrogen and oxygen atoms in total. The highest BCUT2D eigenvalue weighted by Gasteiger charge is 2.32. The minimum absolute atomic E-state index is 0.214. The minimum atomic E-state index is 0.214. The standard InChI is InChI=1S/C13H24O2/c1-5-11(14)9-15-12-6-10(2)7-13(3,4)8-12/h10,12H,5-9H2,1-4H3. The maximum absolute atomic E-state index is 11.2. The van der Waals surface area contributed by atoms with E-state index in [9.17, 15) is 4.79 Å². The molecule has 0 aromatic carbocycles. The van der Waals surface area contributed by atoms with Crippen LogP contribution in [0.3, 0.4) is 0 Å². The van der Waals surface area contributed by atoms with Gasteiger partial charge >= 0.3 is 0 Å². The molecule has 0 N–H and O–H groups in total. The van der Waals surface area contributed by atoms with E-state index in [0.717, 1.165) is 18.8 Å². The summed E-state index contributed by atoms with van der Waals surface area (Å²) in [5.41, 5.74) is 0.373. The molecule has 88 valence electrons. The molecule has 1 aliphatic rings. The zero-order valence-electron chi connectivity index (χ0n) is 10.5. The molecule has 2 atom stereocenters. The van der Waals surface area contributed by atoms with E-state index in [1.165, 1.54) is 6.42 Å². The van der Waals surface area contributed by atoms with Crippen LogP contribution in [0.15, 0.2) is 0 Å². The number of rotatable bonds is 4. The average molecular weight is 212 g/mol. The third-order valence-corrected chi connectivity index (χ3v) is 3.22. The molecule has 0 aliphatic heterocycles. The number of carbonyl (C=O) groups excluding carboxylic acids is 1. The Morgan fingerprint density at radius 1 is 1.40 bits per heavy atom. The van der Waals surface area contributed by atoms with Gasteiger partial charge in [-0.25, -0.2) is 0 Å². The van der Waals surface area contributed by atoms with E-state index >= 15 is 0 Å². The normalized spacial score (nSPS) is 30.1. The zero-order valence-corrected chi connectivity index (χ0v) is 10.5. The Kier molecular flexibility index (Phi) is 4.32. The van der Waals surface area contributed by atoms with Gasteiger partial charge in [0.15, 0.2) is 5.78 Å². The molecule has 0 heterocycles. The van der Waals surface area contributed by atoms with Crippen LogP contribution in [0, 0.1) is 11.3 Å². The third kappa shape index (κ3) is 4.33. The Bertz CT molecular complexity index is 221. The van der Waals surface area contributed by atoms with Gasteiger partial charge in [-0.15, -0.1) is 0 Å². The molecule has 0 bridgehead atoms.